The molecule has 3 rings (SSSR count). The molecule has 0 radical (unpaired) electrons. The first kappa shape index (κ1) is 13.4. The van der Waals surface area contributed by atoms with E-state index in [2.05, 4.69) is 19.9 Å². The van der Waals surface area contributed by atoms with E-state index in [4.69, 9.17) is 0 Å². The van der Waals surface area contributed by atoms with Gasteiger partial charge in [-0.3, -0.25) is 9.78 Å². The maximum Gasteiger partial charge on any atom is 0.272 e. The van der Waals surface area contributed by atoms with E-state index in [1.54, 1.807) is 23.5 Å². The molecule has 2 aromatic rings. The zero-order valence-corrected chi connectivity index (χ0v) is 11.3. The van der Waals surface area contributed by atoms with Crippen molar-refractivity contribution in [3.63, 3.8) is 0 Å². The van der Waals surface area contributed by atoms with Gasteiger partial charge >= 0.3 is 0 Å². The summed E-state index contributed by atoms with van der Waals surface area (Å²) in [6, 6.07) is 4.24. The van der Waals surface area contributed by atoms with Crippen molar-refractivity contribution in [2.45, 2.75) is 0 Å². The van der Waals surface area contributed by atoms with E-state index in [1.165, 1.54) is 18.2 Å². The lowest BCUT2D eigenvalue weighted by molar-refractivity contribution is 0.0739. The van der Waals surface area contributed by atoms with E-state index in [9.17, 15) is 9.18 Å². The number of piperazine rings is 1. The van der Waals surface area contributed by atoms with E-state index in [0.29, 0.717) is 26.2 Å². The van der Waals surface area contributed by atoms with Crippen molar-refractivity contribution >= 4 is 11.7 Å². The fraction of sp³-hybridized carbons (Fsp3) is 0.286. The molecule has 0 unspecified atom stereocenters. The Morgan fingerprint density at radius 2 is 1.95 bits per heavy atom. The van der Waals surface area contributed by atoms with Gasteiger partial charge in [0.15, 0.2) is 0 Å². The molecular formula is C14H14FN5O. The van der Waals surface area contributed by atoms with Crippen molar-refractivity contribution in [3.05, 3.63) is 48.4 Å². The number of rotatable bonds is 2. The molecule has 6 nitrogen and oxygen atoms in total. The Labute approximate surface area is 121 Å². The van der Waals surface area contributed by atoms with Gasteiger partial charge in [-0.1, -0.05) is 6.07 Å². The van der Waals surface area contributed by atoms with Crippen molar-refractivity contribution < 1.29 is 9.18 Å². The number of pyridine rings is 1. The van der Waals surface area contributed by atoms with Gasteiger partial charge in [0.25, 0.3) is 5.91 Å². The van der Waals surface area contributed by atoms with Crippen molar-refractivity contribution in [3.8, 4) is 0 Å². The summed E-state index contributed by atoms with van der Waals surface area (Å²) in [5.41, 5.74) is 0.142. The van der Waals surface area contributed by atoms with Crippen molar-refractivity contribution in [2.24, 2.45) is 0 Å². The second-order valence-corrected chi connectivity index (χ2v) is 4.69. The minimum Gasteiger partial charge on any atom is -0.352 e. The third-order valence-electron chi connectivity index (χ3n) is 3.37. The number of nitrogens with zero attached hydrogens (tertiary/aromatic N) is 5. The molecule has 21 heavy (non-hydrogen) atoms. The van der Waals surface area contributed by atoms with E-state index in [1.807, 2.05) is 0 Å². The highest BCUT2D eigenvalue weighted by Crippen LogP contribution is 2.13. The van der Waals surface area contributed by atoms with E-state index < -0.39 is 5.95 Å². The number of aromatic nitrogens is 3. The number of halogens is 1. The van der Waals surface area contributed by atoms with Crippen LogP contribution in [-0.2, 0) is 0 Å². The van der Waals surface area contributed by atoms with Gasteiger partial charge in [-0.05, 0) is 12.1 Å². The van der Waals surface area contributed by atoms with Crippen LogP contribution in [-0.4, -0.2) is 51.9 Å². The fourth-order valence-corrected chi connectivity index (χ4v) is 2.28. The number of carbonyl (C=O) groups excluding carboxylic acids is 1. The monoisotopic (exact) mass is 287 g/mol. The predicted molar refractivity (Wildman–Crippen MR) is 74.3 cm³/mol. The average Bonchev–Trinajstić information content (AvgIpc) is 2.55. The van der Waals surface area contributed by atoms with Crippen LogP contribution in [0.3, 0.4) is 0 Å². The molecule has 0 aromatic carbocycles. The molecule has 3 heterocycles. The van der Waals surface area contributed by atoms with Crippen molar-refractivity contribution in [2.75, 3.05) is 31.1 Å². The minimum atomic E-state index is -0.640. The predicted octanol–water partition coefficient (Wildman–Crippen LogP) is 0.973. The molecule has 1 amide bonds. The Hall–Kier alpha value is -2.57. The minimum absolute atomic E-state index is 0.142. The summed E-state index contributed by atoms with van der Waals surface area (Å²) in [5.74, 6) is -0.0826. The smallest absolute Gasteiger partial charge is 0.272 e. The van der Waals surface area contributed by atoms with Crippen LogP contribution in [0.1, 0.15) is 10.5 Å². The van der Waals surface area contributed by atoms with Crippen LogP contribution < -0.4 is 4.90 Å². The largest absolute Gasteiger partial charge is 0.352 e. The van der Waals surface area contributed by atoms with Crippen LogP contribution in [0.2, 0.25) is 0 Å². The molecule has 1 saturated heterocycles. The molecule has 0 saturated carbocycles. The first-order chi connectivity index (χ1) is 10.2. The van der Waals surface area contributed by atoms with Crippen LogP contribution >= 0.6 is 0 Å². The highest BCUT2D eigenvalue weighted by atomic mass is 19.1. The molecule has 0 aliphatic carbocycles. The molecule has 0 N–H and O–H groups in total. The zero-order chi connectivity index (χ0) is 14.7. The Bertz CT molecular complexity index is 628. The average molecular weight is 287 g/mol. The molecule has 0 atom stereocenters. The van der Waals surface area contributed by atoms with E-state index in [0.717, 1.165) is 5.82 Å². The number of hydrogen-bond donors (Lipinski definition) is 0. The van der Waals surface area contributed by atoms with Gasteiger partial charge in [-0.2, -0.15) is 4.39 Å². The second kappa shape index (κ2) is 5.82. The van der Waals surface area contributed by atoms with Crippen LogP contribution in [0.4, 0.5) is 10.2 Å². The number of amides is 1. The third kappa shape index (κ3) is 2.96. The molecule has 0 spiro atoms. The summed E-state index contributed by atoms with van der Waals surface area (Å²) in [6.45, 7) is 2.43. The first-order valence-electron chi connectivity index (χ1n) is 6.67. The van der Waals surface area contributed by atoms with Crippen LogP contribution in [0.15, 0.2) is 36.8 Å². The molecule has 0 bridgehead atoms. The second-order valence-electron chi connectivity index (χ2n) is 4.69. The van der Waals surface area contributed by atoms with Gasteiger partial charge in [0.1, 0.15) is 11.5 Å². The number of hydrogen-bond acceptors (Lipinski definition) is 5. The van der Waals surface area contributed by atoms with E-state index in [-0.39, 0.29) is 11.6 Å². The van der Waals surface area contributed by atoms with Crippen LogP contribution in [0.25, 0.3) is 0 Å². The zero-order valence-electron chi connectivity index (χ0n) is 11.3. The third-order valence-corrected chi connectivity index (χ3v) is 3.37. The quantitative estimate of drug-likeness (QED) is 0.770. The lowest BCUT2D eigenvalue weighted by Gasteiger charge is -2.35. The van der Waals surface area contributed by atoms with Crippen LogP contribution in [0.5, 0.6) is 0 Å². The normalized spacial score (nSPS) is 15.1. The summed E-state index contributed by atoms with van der Waals surface area (Å²) in [4.78, 5) is 27.9. The molecule has 108 valence electrons. The summed E-state index contributed by atoms with van der Waals surface area (Å²) in [6.07, 6.45) is 4.97. The lowest BCUT2D eigenvalue weighted by atomic mass is 10.2. The highest BCUT2D eigenvalue weighted by Gasteiger charge is 2.23. The summed E-state index contributed by atoms with van der Waals surface area (Å²) < 4.78 is 13.1. The number of carbonyl (C=O) groups is 1. The molecule has 1 aliphatic rings. The Balaban J connectivity index is 1.64. The summed E-state index contributed by atoms with van der Waals surface area (Å²) in [5, 5.41) is 0. The van der Waals surface area contributed by atoms with Crippen LogP contribution in [0, 0.1) is 5.95 Å². The van der Waals surface area contributed by atoms with E-state index >= 15 is 0 Å². The summed E-state index contributed by atoms with van der Waals surface area (Å²) in [7, 11) is 0. The maximum absolute atomic E-state index is 13.1. The molecule has 2 aromatic heterocycles. The molecule has 1 aliphatic heterocycles. The maximum atomic E-state index is 13.1. The molecule has 7 heteroatoms. The summed E-state index contributed by atoms with van der Waals surface area (Å²) >= 11 is 0. The van der Waals surface area contributed by atoms with Gasteiger partial charge in [0, 0.05) is 38.6 Å². The van der Waals surface area contributed by atoms with Gasteiger partial charge in [-0.15, -0.1) is 0 Å². The number of anilines is 1. The van der Waals surface area contributed by atoms with Gasteiger partial charge < -0.3 is 9.80 Å². The Morgan fingerprint density at radius 3 is 2.62 bits per heavy atom. The van der Waals surface area contributed by atoms with Crippen molar-refractivity contribution in [1.29, 1.82) is 0 Å². The Kier molecular flexibility index (Phi) is 3.72. The SMILES string of the molecule is O=C(c1cccc(F)n1)N1CCN(c2cnccn2)CC1. The fourth-order valence-electron chi connectivity index (χ4n) is 2.28. The van der Waals surface area contributed by atoms with Gasteiger partial charge in [-0.25, -0.2) is 9.97 Å². The highest BCUT2D eigenvalue weighted by molar-refractivity contribution is 5.92. The molecular weight excluding hydrogens is 273 g/mol. The first-order valence-corrected chi connectivity index (χ1v) is 6.67. The topological polar surface area (TPSA) is 62.2 Å². The standard InChI is InChI=1S/C14H14FN5O/c15-12-3-1-2-11(18-12)14(21)20-8-6-19(7-9-20)13-10-16-4-5-17-13/h1-5,10H,6-9H2. The van der Waals surface area contributed by atoms with Gasteiger partial charge in [0.2, 0.25) is 5.95 Å². The lowest BCUT2D eigenvalue weighted by Crippen LogP contribution is -2.49. The molecule has 1 fully saturated rings. The van der Waals surface area contributed by atoms with Crippen molar-refractivity contribution in [1.82, 2.24) is 19.9 Å². The van der Waals surface area contributed by atoms with Gasteiger partial charge in [0.05, 0.1) is 6.20 Å². The Morgan fingerprint density at radius 1 is 1.14 bits per heavy atom.